The maximum absolute atomic E-state index is 13.8. The van der Waals surface area contributed by atoms with Crippen LogP contribution in [0.5, 0.6) is 0 Å². The molecule has 0 amide bonds. The molecule has 2 atom stereocenters. The summed E-state index contributed by atoms with van der Waals surface area (Å²) in [6.07, 6.45) is 3.70. The molecule has 2 aromatic heterocycles. The number of hydrogen-bond donors (Lipinski definition) is 2. The van der Waals surface area contributed by atoms with Crippen LogP contribution in [-0.4, -0.2) is 29.2 Å². The molecule has 0 radical (unpaired) electrons. The number of halogens is 1. The van der Waals surface area contributed by atoms with Gasteiger partial charge in [-0.25, -0.2) is 4.39 Å². The van der Waals surface area contributed by atoms with Crippen LogP contribution < -0.4 is 5.32 Å². The summed E-state index contributed by atoms with van der Waals surface area (Å²) in [5.74, 6) is -0.0125. The minimum atomic E-state index is -0.803. The number of fused-ring (bicyclic) bond motifs is 1. The van der Waals surface area contributed by atoms with Crippen LogP contribution in [0.3, 0.4) is 0 Å². The first-order chi connectivity index (χ1) is 7.84. The third kappa shape index (κ3) is 1.59. The van der Waals surface area contributed by atoms with Crippen molar-refractivity contribution >= 4 is 11.0 Å². The highest BCUT2D eigenvalue weighted by Gasteiger charge is 2.26. The van der Waals surface area contributed by atoms with Crippen molar-refractivity contribution in [3.8, 4) is 0 Å². The molecule has 4 heteroatoms. The van der Waals surface area contributed by atoms with Crippen LogP contribution in [-0.2, 0) is 0 Å². The maximum atomic E-state index is 13.8. The van der Waals surface area contributed by atoms with Gasteiger partial charge in [-0.15, -0.1) is 0 Å². The van der Waals surface area contributed by atoms with Gasteiger partial charge in [0.2, 0.25) is 0 Å². The summed E-state index contributed by atoms with van der Waals surface area (Å²) >= 11 is 0. The average Bonchev–Trinajstić information content (AvgIpc) is 2.76. The number of aromatic amines is 1. The van der Waals surface area contributed by atoms with E-state index in [1.165, 1.54) is 0 Å². The summed E-state index contributed by atoms with van der Waals surface area (Å²) in [6.45, 7) is 1.33. The lowest BCUT2D eigenvalue weighted by molar-refractivity contribution is 0.231. The number of aromatic nitrogens is 2. The summed E-state index contributed by atoms with van der Waals surface area (Å²) < 4.78 is 13.8. The van der Waals surface area contributed by atoms with Crippen molar-refractivity contribution in [3.05, 3.63) is 30.1 Å². The van der Waals surface area contributed by atoms with Crippen LogP contribution in [0.1, 0.15) is 17.9 Å². The first-order valence-corrected chi connectivity index (χ1v) is 5.62. The molecule has 2 aromatic rings. The Labute approximate surface area is 93.1 Å². The van der Waals surface area contributed by atoms with Gasteiger partial charge in [0.25, 0.3) is 0 Å². The Morgan fingerprint density at radius 1 is 1.44 bits per heavy atom. The van der Waals surface area contributed by atoms with Crippen molar-refractivity contribution in [1.29, 1.82) is 0 Å². The lowest BCUT2D eigenvalue weighted by Crippen LogP contribution is -2.36. The minimum Gasteiger partial charge on any atom is -0.360 e. The van der Waals surface area contributed by atoms with Gasteiger partial charge in [0, 0.05) is 24.9 Å². The Morgan fingerprint density at radius 3 is 3.25 bits per heavy atom. The molecule has 2 N–H and O–H groups in total. The Balaban J connectivity index is 1.97. The molecule has 1 fully saturated rings. The van der Waals surface area contributed by atoms with E-state index in [0.29, 0.717) is 6.54 Å². The number of H-pyrrole nitrogens is 1. The lowest BCUT2D eigenvalue weighted by Gasteiger charge is -2.26. The zero-order valence-electron chi connectivity index (χ0n) is 8.91. The Bertz CT molecular complexity index is 494. The van der Waals surface area contributed by atoms with Gasteiger partial charge in [-0.1, -0.05) is 0 Å². The van der Waals surface area contributed by atoms with E-state index < -0.39 is 6.17 Å². The van der Waals surface area contributed by atoms with Gasteiger partial charge >= 0.3 is 0 Å². The fraction of sp³-hybridized carbons (Fsp3) is 0.417. The Kier molecular flexibility index (Phi) is 2.36. The predicted molar refractivity (Wildman–Crippen MR) is 61.2 cm³/mol. The molecule has 3 rings (SSSR count). The number of alkyl halides is 1. The lowest BCUT2D eigenvalue weighted by atomic mass is 9.89. The minimum absolute atomic E-state index is 0.0125. The molecular formula is C12H14FN3. The maximum Gasteiger partial charge on any atom is 0.119 e. The van der Waals surface area contributed by atoms with Crippen LogP contribution in [0.4, 0.5) is 4.39 Å². The third-order valence-electron chi connectivity index (χ3n) is 3.26. The second-order valence-corrected chi connectivity index (χ2v) is 4.29. The quantitative estimate of drug-likeness (QED) is 0.770. The number of hydrogen-bond acceptors (Lipinski definition) is 2. The van der Waals surface area contributed by atoms with E-state index in [1.54, 1.807) is 6.20 Å². The highest BCUT2D eigenvalue weighted by molar-refractivity contribution is 5.75. The normalized spacial score (nSPS) is 26.1. The molecule has 1 saturated heterocycles. The molecule has 3 heterocycles. The second kappa shape index (κ2) is 3.87. The second-order valence-electron chi connectivity index (χ2n) is 4.29. The predicted octanol–water partition coefficient (Wildman–Crippen LogP) is 1.98. The van der Waals surface area contributed by atoms with Crippen molar-refractivity contribution in [3.63, 3.8) is 0 Å². The summed E-state index contributed by atoms with van der Waals surface area (Å²) in [7, 11) is 0. The molecule has 16 heavy (non-hydrogen) atoms. The van der Waals surface area contributed by atoms with E-state index >= 15 is 0 Å². The van der Waals surface area contributed by atoms with Crippen molar-refractivity contribution in [2.45, 2.75) is 18.5 Å². The van der Waals surface area contributed by atoms with E-state index in [2.05, 4.69) is 15.3 Å². The zero-order chi connectivity index (χ0) is 11.0. The van der Waals surface area contributed by atoms with Gasteiger partial charge in [-0.2, -0.15) is 0 Å². The highest BCUT2D eigenvalue weighted by atomic mass is 19.1. The van der Waals surface area contributed by atoms with Gasteiger partial charge in [-0.3, -0.25) is 4.98 Å². The summed E-state index contributed by atoms with van der Waals surface area (Å²) in [5.41, 5.74) is 2.93. The van der Waals surface area contributed by atoms with Gasteiger partial charge < -0.3 is 10.3 Å². The fourth-order valence-electron chi connectivity index (χ4n) is 2.35. The first-order valence-electron chi connectivity index (χ1n) is 5.62. The SMILES string of the molecule is F[C@H]1CNCC[C@@H]1c1cnc2cc[nH]c2c1. The molecule has 0 aliphatic carbocycles. The van der Waals surface area contributed by atoms with E-state index in [1.807, 2.05) is 18.3 Å². The summed E-state index contributed by atoms with van der Waals surface area (Å²) in [4.78, 5) is 7.45. The molecule has 0 bridgehead atoms. The number of pyridine rings is 1. The molecule has 3 nitrogen and oxygen atoms in total. The van der Waals surface area contributed by atoms with Gasteiger partial charge in [-0.05, 0) is 30.7 Å². The van der Waals surface area contributed by atoms with Gasteiger partial charge in [0.15, 0.2) is 0 Å². The monoisotopic (exact) mass is 219 g/mol. The topological polar surface area (TPSA) is 40.7 Å². The highest BCUT2D eigenvalue weighted by Crippen LogP contribution is 2.28. The van der Waals surface area contributed by atoms with Crippen LogP contribution in [0, 0.1) is 0 Å². The molecule has 0 spiro atoms. The Hall–Kier alpha value is -1.42. The van der Waals surface area contributed by atoms with Crippen LogP contribution in [0.15, 0.2) is 24.5 Å². The zero-order valence-corrected chi connectivity index (χ0v) is 8.91. The van der Waals surface area contributed by atoms with E-state index in [-0.39, 0.29) is 5.92 Å². The van der Waals surface area contributed by atoms with Crippen molar-refractivity contribution in [2.75, 3.05) is 13.1 Å². The van der Waals surface area contributed by atoms with Gasteiger partial charge in [0.05, 0.1) is 11.0 Å². The van der Waals surface area contributed by atoms with Crippen LogP contribution >= 0.6 is 0 Å². The molecular weight excluding hydrogens is 205 g/mol. The third-order valence-corrected chi connectivity index (χ3v) is 3.26. The number of nitrogens with one attached hydrogen (secondary N) is 2. The molecule has 0 unspecified atom stereocenters. The number of piperidine rings is 1. The van der Waals surface area contributed by atoms with Crippen molar-refractivity contribution in [1.82, 2.24) is 15.3 Å². The van der Waals surface area contributed by atoms with Crippen molar-refractivity contribution in [2.24, 2.45) is 0 Å². The average molecular weight is 219 g/mol. The molecule has 84 valence electrons. The van der Waals surface area contributed by atoms with Crippen LogP contribution in [0.2, 0.25) is 0 Å². The molecule has 0 saturated carbocycles. The van der Waals surface area contributed by atoms with Crippen LogP contribution in [0.25, 0.3) is 11.0 Å². The number of rotatable bonds is 1. The number of nitrogens with zero attached hydrogens (tertiary/aromatic N) is 1. The molecule has 1 aliphatic rings. The standard InChI is InChI=1S/C12H14FN3/c13-10-7-14-3-1-9(10)8-5-12-11(16-6-8)2-4-15-12/h2,4-6,9-10,14-15H,1,3,7H2/t9-,10+/m1/s1. The summed E-state index contributed by atoms with van der Waals surface area (Å²) in [6, 6.07) is 3.94. The van der Waals surface area contributed by atoms with E-state index in [4.69, 9.17) is 0 Å². The molecule has 1 aliphatic heterocycles. The smallest absolute Gasteiger partial charge is 0.119 e. The van der Waals surface area contributed by atoms with Gasteiger partial charge in [0.1, 0.15) is 6.17 Å². The molecule has 0 aromatic carbocycles. The largest absolute Gasteiger partial charge is 0.360 e. The van der Waals surface area contributed by atoms with E-state index in [0.717, 1.165) is 29.6 Å². The van der Waals surface area contributed by atoms with E-state index in [9.17, 15) is 4.39 Å². The summed E-state index contributed by atoms with van der Waals surface area (Å²) in [5, 5.41) is 3.06. The first kappa shape index (κ1) is 9.78. The Morgan fingerprint density at radius 2 is 2.38 bits per heavy atom. The fourth-order valence-corrected chi connectivity index (χ4v) is 2.35. The van der Waals surface area contributed by atoms with Crippen molar-refractivity contribution < 1.29 is 4.39 Å².